The van der Waals surface area contributed by atoms with Crippen LogP contribution in [0.4, 0.5) is 0 Å². The molecule has 0 atom stereocenters. The third kappa shape index (κ3) is 2.97. The van der Waals surface area contributed by atoms with E-state index in [0.29, 0.717) is 39.3 Å². The van der Waals surface area contributed by atoms with Gasteiger partial charge >= 0.3 is 5.76 Å². The first kappa shape index (κ1) is 17.6. The molecule has 2 aromatic carbocycles. The molecule has 0 aliphatic carbocycles. The Kier molecular flexibility index (Phi) is 4.13. The maximum atomic E-state index is 11.4. The summed E-state index contributed by atoms with van der Waals surface area (Å²) in [6.45, 7) is 0. The van der Waals surface area contributed by atoms with E-state index in [2.05, 4.69) is 15.2 Å². The summed E-state index contributed by atoms with van der Waals surface area (Å²) in [5.74, 6) is 1.98. The van der Waals surface area contributed by atoms with Gasteiger partial charge in [0.05, 0.1) is 25.4 Å². The molecule has 5 rings (SSSR count). The number of benzene rings is 2. The predicted molar refractivity (Wildman–Crippen MR) is 108 cm³/mol. The molecule has 0 unspecified atom stereocenters. The van der Waals surface area contributed by atoms with Gasteiger partial charge < -0.3 is 13.9 Å². The number of nitrogens with one attached hydrogen (secondary N) is 1. The van der Waals surface area contributed by atoms with Crippen LogP contribution in [-0.4, -0.2) is 45.5 Å². The Morgan fingerprint density at radius 2 is 1.90 bits per heavy atom. The fraction of sp³-hybridized carbons (Fsp3) is 0.158. The molecule has 0 amide bonds. The standard InChI is InChI=1S/C19H15N5O4S/c1-26-14-6-4-11(8-16(14)27-2)17-21-22-18-24(17)23-13(9-29-18)10-3-5-12-15(7-10)28-19(25)20-12/h3-8H,9H2,1-2H3,(H,20,25). The average Bonchev–Trinajstić information content (AvgIpc) is 3.34. The summed E-state index contributed by atoms with van der Waals surface area (Å²) in [5, 5.41) is 14.0. The second kappa shape index (κ2) is 6.82. The molecule has 29 heavy (non-hydrogen) atoms. The molecule has 146 valence electrons. The Morgan fingerprint density at radius 1 is 1.07 bits per heavy atom. The molecule has 10 heteroatoms. The van der Waals surface area contributed by atoms with Crippen LogP contribution in [-0.2, 0) is 0 Å². The molecule has 2 aromatic heterocycles. The van der Waals surface area contributed by atoms with Gasteiger partial charge in [-0.25, -0.2) is 4.79 Å². The zero-order chi connectivity index (χ0) is 20.0. The number of fused-ring (bicyclic) bond motifs is 2. The Bertz CT molecular complexity index is 1320. The minimum absolute atomic E-state index is 0.478. The van der Waals surface area contributed by atoms with Gasteiger partial charge in [0.15, 0.2) is 22.9 Å². The van der Waals surface area contributed by atoms with E-state index in [1.807, 2.05) is 24.3 Å². The van der Waals surface area contributed by atoms with Crippen LogP contribution >= 0.6 is 11.8 Å². The van der Waals surface area contributed by atoms with E-state index < -0.39 is 5.76 Å². The van der Waals surface area contributed by atoms with Crippen molar-refractivity contribution >= 4 is 28.6 Å². The Balaban J connectivity index is 1.58. The van der Waals surface area contributed by atoms with E-state index in [1.165, 1.54) is 11.8 Å². The largest absolute Gasteiger partial charge is 0.493 e. The number of hydrogen-bond donors (Lipinski definition) is 1. The second-order valence-electron chi connectivity index (χ2n) is 6.25. The lowest BCUT2D eigenvalue weighted by Crippen LogP contribution is -2.13. The molecule has 0 bridgehead atoms. The van der Waals surface area contributed by atoms with E-state index in [9.17, 15) is 4.79 Å². The first-order valence-corrected chi connectivity index (χ1v) is 9.66. The number of rotatable bonds is 4. The molecular weight excluding hydrogens is 394 g/mol. The van der Waals surface area contributed by atoms with Crippen molar-refractivity contribution in [1.29, 1.82) is 0 Å². The molecule has 0 saturated heterocycles. The van der Waals surface area contributed by atoms with Crippen LogP contribution in [0.2, 0.25) is 0 Å². The topological polar surface area (TPSA) is 108 Å². The molecule has 0 fully saturated rings. The number of hydrogen-bond acceptors (Lipinski definition) is 8. The van der Waals surface area contributed by atoms with Gasteiger partial charge in [-0.3, -0.25) is 4.98 Å². The fourth-order valence-electron chi connectivity index (χ4n) is 3.15. The number of aromatic nitrogens is 4. The number of thioether (sulfide) groups is 1. The van der Waals surface area contributed by atoms with Gasteiger partial charge in [-0.15, -0.1) is 10.2 Å². The summed E-state index contributed by atoms with van der Waals surface area (Å²) >= 11 is 1.54. The summed E-state index contributed by atoms with van der Waals surface area (Å²) in [5.41, 5.74) is 3.65. The monoisotopic (exact) mass is 409 g/mol. The highest BCUT2D eigenvalue weighted by atomic mass is 32.2. The minimum atomic E-state index is -0.478. The lowest BCUT2D eigenvalue weighted by Gasteiger charge is -2.14. The quantitative estimate of drug-likeness (QED) is 0.552. The maximum Gasteiger partial charge on any atom is 0.417 e. The van der Waals surface area contributed by atoms with E-state index in [-0.39, 0.29) is 0 Å². The van der Waals surface area contributed by atoms with E-state index in [0.717, 1.165) is 16.8 Å². The van der Waals surface area contributed by atoms with Crippen molar-refractivity contribution in [2.75, 3.05) is 20.0 Å². The van der Waals surface area contributed by atoms with Gasteiger partial charge in [0.25, 0.3) is 0 Å². The maximum absolute atomic E-state index is 11.4. The van der Waals surface area contributed by atoms with Gasteiger partial charge in [0.2, 0.25) is 5.16 Å². The molecule has 0 radical (unpaired) electrons. The summed E-state index contributed by atoms with van der Waals surface area (Å²) in [6, 6.07) is 11.0. The van der Waals surface area contributed by atoms with Gasteiger partial charge in [-0.2, -0.15) is 9.78 Å². The van der Waals surface area contributed by atoms with E-state index >= 15 is 0 Å². The molecule has 1 aliphatic heterocycles. The van der Waals surface area contributed by atoms with Crippen molar-refractivity contribution in [3.63, 3.8) is 0 Å². The number of H-pyrrole nitrogens is 1. The zero-order valence-corrected chi connectivity index (χ0v) is 16.3. The highest BCUT2D eigenvalue weighted by Crippen LogP contribution is 2.34. The van der Waals surface area contributed by atoms with Crippen LogP contribution in [0.5, 0.6) is 11.5 Å². The number of methoxy groups -OCH3 is 2. The summed E-state index contributed by atoms with van der Waals surface area (Å²) in [6.07, 6.45) is 0. The first-order chi connectivity index (χ1) is 14.2. The molecule has 1 aliphatic rings. The third-order valence-corrected chi connectivity index (χ3v) is 5.50. The van der Waals surface area contributed by atoms with Crippen molar-refractivity contribution < 1.29 is 13.9 Å². The summed E-state index contributed by atoms with van der Waals surface area (Å²) in [7, 11) is 3.18. The summed E-state index contributed by atoms with van der Waals surface area (Å²) < 4.78 is 17.6. The minimum Gasteiger partial charge on any atom is -0.493 e. The van der Waals surface area contributed by atoms with Crippen LogP contribution in [0.3, 0.4) is 0 Å². The van der Waals surface area contributed by atoms with Crippen LogP contribution in [0, 0.1) is 0 Å². The smallest absolute Gasteiger partial charge is 0.417 e. The summed E-state index contributed by atoms with van der Waals surface area (Å²) in [4.78, 5) is 14.0. The molecule has 0 saturated carbocycles. The van der Waals surface area contributed by atoms with Crippen LogP contribution in [0.15, 0.2) is 55.9 Å². The SMILES string of the molecule is COc1ccc(-c2nnc3n2N=C(c2ccc4[nH]c(=O)oc4c2)CS3)cc1OC. The third-order valence-electron chi connectivity index (χ3n) is 4.57. The Morgan fingerprint density at radius 3 is 2.72 bits per heavy atom. The van der Waals surface area contributed by atoms with Crippen molar-refractivity contribution in [3.05, 3.63) is 52.5 Å². The lowest BCUT2D eigenvalue weighted by molar-refractivity contribution is 0.355. The van der Waals surface area contributed by atoms with Crippen molar-refractivity contribution in [2.45, 2.75) is 5.16 Å². The van der Waals surface area contributed by atoms with Gasteiger partial charge in [0.1, 0.15) is 0 Å². The molecule has 0 spiro atoms. The second-order valence-corrected chi connectivity index (χ2v) is 7.19. The van der Waals surface area contributed by atoms with Crippen LogP contribution in [0.1, 0.15) is 5.56 Å². The zero-order valence-electron chi connectivity index (χ0n) is 15.5. The van der Waals surface area contributed by atoms with Crippen molar-refractivity contribution in [1.82, 2.24) is 19.9 Å². The fourth-order valence-corrected chi connectivity index (χ4v) is 3.99. The highest BCUT2D eigenvalue weighted by Gasteiger charge is 2.22. The Labute approximate surface area is 168 Å². The predicted octanol–water partition coefficient (Wildman–Crippen LogP) is 2.75. The highest BCUT2D eigenvalue weighted by molar-refractivity contribution is 7.99. The molecule has 4 aromatic rings. The van der Waals surface area contributed by atoms with Crippen molar-refractivity contribution in [3.8, 4) is 22.9 Å². The molecule has 9 nitrogen and oxygen atoms in total. The van der Waals surface area contributed by atoms with Gasteiger partial charge in [-0.05, 0) is 30.3 Å². The van der Waals surface area contributed by atoms with Crippen molar-refractivity contribution in [2.24, 2.45) is 5.10 Å². The number of oxazole rings is 1. The van der Waals surface area contributed by atoms with E-state index in [4.69, 9.17) is 19.0 Å². The molecule has 3 heterocycles. The molecule has 1 N–H and O–H groups in total. The molecular formula is C19H15N5O4S. The lowest BCUT2D eigenvalue weighted by atomic mass is 10.1. The van der Waals surface area contributed by atoms with Crippen LogP contribution < -0.4 is 15.2 Å². The van der Waals surface area contributed by atoms with Crippen LogP contribution in [0.25, 0.3) is 22.5 Å². The van der Waals surface area contributed by atoms with Gasteiger partial charge in [-0.1, -0.05) is 17.8 Å². The number of ether oxygens (including phenoxy) is 2. The Hall–Kier alpha value is -3.53. The number of nitrogens with zero attached hydrogens (tertiary/aromatic N) is 4. The van der Waals surface area contributed by atoms with E-state index in [1.54, 1.807) is 31.0 Å². The number of aromatic amines is 1. The normalized spacial score (nSPS) is 13.2. The first-order valence-electron chi connectivity index (χ1n) is 8.68. The average molecular weight is 409 g/mol. The van der Waals surface area contributed by atoms with Gasteiger partial charge in [0, 0.05) is 16.9 Å².